The Hall–Kier alpha value is -2.98. The van der Waals surface area contributed by atoms with E-state index in [4.69, 9.17) is 9.26 Å². The van der Waals surface area contributed by atoms with Crippen molar-refractivity contribution in [2.75, 3.05) is 18.5 Å². The monoisotopic (exact) mass is 477 g/mol. The summed E-state index contributed by atoms with van der Waals surface area (Å²) in [5.41, 5.74) is 2.11. The maximum Gasteiger partial charge on any atom is 0.228 e. The second kappa shape index (κ2) is 11.6. The van der Waals surface area contributed by atoms with Gasteiger partial charge in [-0.3, -0.25) is 9.59 Å². The van der Waals surface area contributed by atoms with Crippen molar-refractivity contribution in [2.24, 2.45) is 11.8 Å². The number of nitriles is 1. The zero-order valence-corrected chi connectivity index (χ0v) is 20.6. The zero-order chi connectivity index (χ0) is 24.7. The predicted molar refractivity (Wildman–Crippen MR) is 132 cm³/mol. The van der Waals surface area contributed by atoms with Crippen molar-refractivity contribution in [1.82, 2.24) is 5.16 Å². The van der Waals surface area contributed by atoms with E-state index < -0.39 is 11.3 Å². The number of carbonyl (C=O) groups is 2. The van der Waals surface area contributed by atoms with Crippen LogP contribution in [0.3, 0.4) is 0 Å². The van der Waals surface area contributed by atoms with E-state index in [-0.39, 0.29) is 24.0 Å². The van der Waals surface area contributed by atoms with Crippen LogP contribution in [0.15, 0.2) is 35.1 Å². The lowest BCUT2D eigenvalue weighted by Gasteiger charge is -2.31. The average Bonchev–Trinajstić information content (AvgIpc) is 3.29. The van der Waals surface area contributed by atoms with E-state index in [0.717, 1.165) is 31.2 Å². The summed E-state index contributed by atoms with van der Waals surface area (Å²) in [5.74, 6) is -0.457. The molecule has 1 saturated carbocycles. The van der Waals surface area contributed by atoms with Crippen molar-refractivity contribution in [3.05, 3.63) is 47.3 Å². The number of aromatic nitrogens is 1. The first-order valence-electron chi connectivity index (χ1n) is 12.9. The third kappa shape index (κ3) is 5.99. The van der Waals surface area contributed by atoms with Gasteiger partial charge in [-0.25, -0.2) is 0 Å². The van der Waals surface area contributed by atoms with Gasteiger partial charge in [0.15, 0.2) is 5.78 Å². The van der Waals surface area contributed by atoms with Crippen molar-refractivity contribution < 1.29 is 18.8 Å². The maximum absolute atomic E-state index is 13.5. The van der Waals surface area contributed by atoms with Gasteiger partial charge in [0.1, 0.15) is 6.26 Å². The summed E-state index contributed by atoms with van der Waals surface area (Å²) >= 11 is 0. The topological polar surface area (TPSA) is 105 Å². The zero-order valence-electron chi connectivity index (χ0n) is 20.6. The Morgan fingerprint density at radius 2 is 1.77 bits per heavy atom. The molecule has 0 bridgehead atoms. The summed E-state index contributed by atoms with van der Waals surface area (Å²) in [5, 5.41) is 16.7. The molecule has 1 unspecified atom stereocenters. The lowest BCUT2D eigenvalue weighted by Crippen LogP contribution is -2.33. The van der Waals surface area contributed by atoms with E-state index in [0.29, 0.717) is 43.0 Å². The number of ether oxygens (including phenoxy) is 1. The molecule has 1 aromatic heterocycles. The van der Waals surface area contributed by atoms with Gasteiger partial charge in [0, 0.05) is 31.2 Å². The van der Waals surface area contributed by atoms with Gasteiger partial charge < -0.3 is 14.6 Å². The Morgan fingerprint density at radius 3 is 2.37 bits per heavy atom. The third-order valence-electron chi connectivity index (χ3n) is 7.78. The van der Waals surface area contributed by atoms with Crippen molar-refractivity contribution in [3.63, 3.8) is 0 Å². The van der Waals surface area contributed by atoms with Gasteiger partial charge in [-0.2, -0.15) is 5.26 Å². The largest absolute Gasteiger partial charge is 0.381 e. The van der Waals surface area contributed by atoms with E-state index >= 15 is 0 Å². The Bertz CT molecular complexity index is 1040. The highest BCUT2D eigenvalue weighted by Gasteiger charge is 2.35. The molecule has 2 aliphatic rings. The average molecular weight is 478 g/mol. The highest BCUT2D eigenvalue weighted by molar-refractivity contribution is 6.01. The molecule has 2 aromatic rings. The first kappa shape index (κ1) is 25.1. The molecule has 1 aliphatic carbocycles. The van der Waals surface area contributed by atoms with E-state index in [9.17, 15) is 14.9 Å². The first-order chi connectivity index (χ1) is 17.0. The normalized spacial score (nSPS) is 19.7. The molecule has 4 rings (SSSR count). The number of ketones is 1. The van der Waals surface area contributed by atoms with Crippen LogP contribution in [-0.2, 0) is 14.9 Å². The van der Waals surface area contributed by atoms with E-state index in [2.05, 4.69) is 16.5 Å². The summed E-state index contributed by atoms with van der Waals surface area (Å²) in [6.07, 6.45) is 10.6. The molecule has 7 nitrogen and oxygen atoms in total. The minimum absolute atomic E-state index is 0.100. The number of rotatable bonds is 7. The van der Waals surface area contributed by atoms with Crippen LogP contribution in [0.4, 0.5) is 5.69 Å². The van der Waals surface area contributed by atoms with Gasteiger partial charge in [0.2, 0.25) is 5.91 Å². The number of hydrogen-bond donors (Lipinski definition) is 1. The number of amides is 1. The SMILES string of the molecule is Cc1nocc1C(=O)CC(C(=O)Nc1ccc(C2(C#N)CCOCC2)cc1)C1CCCCCCC1. The molecule has 35 heavy (non-hydrogen) atoms. The van der Waals surface area contributed by atoms with Crippen LogP contribution in [-0.4, -0.2) is 30.1 Å². The van der Waals surface area contributed by atoms with Crippen LogP contribution >= 0.6 is 0 Å². The maximum atomic E-state index is 13.5. The Kier molecular flexibility index (Phi) is 8.35. The number of nitrogens with zero attached hydrogens (tertiary/aromatic N) is 2. The number of anilines is 1. The minimum atomic E-state index is -0.537. The molecule has 1 atom stereocenters. The molecule has 1 amide bonds. The van der Waals surface area contributed by atoms with E-state index in [1.807, 2.05) is 24.3 Å². The van der Waals surface area contributed by atoms with Crippen LogP contribution in [0, 0.1) is 30.1 Å². The summed E-state index contributed by atoms with van der Waals surface area (Å²) in [6, 6.07) is 10.1. The molecular formula is C28H35N3O4. The molecule has 1 aliphatic heterocycles. The van der Waals surface area contributed by atoms with Crippen LogP contribution in [0.5, 0.6) is 0 Å². The van der Waals surface area contributed by atoms with Gasteiger partial charge in [-0.15, -0.1) is 0 Å². The predicted octanol–water partition coefficient (Wildman–Crippen LogP) is 5.74. The molecule has 7 heteroatoms. The smallest absolute Gasteiger partial charge is 0.228 e. The molecule has 186 valence electrons. The van der Waals surface area contributed by atoms with Crippen molar-refractivity contribution in [3.8, 4) is 6.07 Å². The molecule has 2 fully saturated rings. The highest BCUT2D eigenvalue weighted by Crippen LogP contribution is 2.35. The standard InChI is InChI=1S/C28H35N3O4/c1-20-25(18-35-31-20)26(32)17-24(21-7-5-3-2-4-6-8-21)27(33)30-23-11-9-22(10-12-23)28(19-29)13-15-34-16-14-28/h9-12,18,21,24H,2-8,13-17H2,1H3,(H,30,33). The number of carbonyl (C=O) groups excluding carboxylic acids is 2. The third-order valence-corrected chi connectivity index (χ3v) is 7.78. The van der Waals surface area contributed by atoms with Crippen molar-refractivity contribution >= 4 is 17.4 Å². The molecule has 0 radical (unpaired) electrons. The fraction of sp³-hybridized carbons (Fsp3) is 0.571. The fourth-order valence-electron chi connectivity index (χ4n) is 5.53. The first-order valence-corrected chi connectivity index (χ1v) is 12.9. The lowest BCUT2D eigenvalue weighted by molar-refractivity contribution is -0.121. The van der Waals surface area contributed by atoms with E-state index in [1.54, 1.807) is 6.92 Å². The molecule has 1 saturated heterocycles. The Labute approximate surface area is 207 Å². The molecule has 2 heterocycles. The number of benzene rings is 1. The second-order valence-corrected chi connectivity index (χ2v) is 10.0. The second-order valence-electron chi connectivity index (χ2n) is 10.0. The molecule has 1 aromatic carbocycles. The minimum Gasteiger partial charge on any atom is -0.381 e. The number of hydrogen-bond acceptors (Lipinski definition) is 6. The molecule has 0 spiro atoms. The summed E-state index contributed by atoms with van der Waals surface area (Å²) in [7, 11) is 0. The Balaban J connectivity index is 1.50. The van der Waals surface area contributed by atoms with Gasteiger partial charge in [0.05, 0.1) is 22.7 Å². The quantitative estimate of drug-likeness (QED) is 0.510. The van der Waals surface area contributed by atoms with Crippen molar-refractivity contribution in [2.45, 2.75) is 76.5 Å². The van der Waals surface area contributed by atoms with E-state index in [1.165, 1.54) is 25.5 Å². The van der Waals surface area contributed by atoms with Gasteiger partial charge in [0.25, 0.3) is 0 Å². The highest BCUT2D eigenvalue weighted by atomic mass is 16.5. The van der Waals surface area contributed by atoms with Crippen LogP contribution in [0.1, 0.15) is 85.8 Å². The van der Waals surface area contributed by atoms with Crippen LogP contribution in [0.2, 0.25) is 0 Å². The number of Topliss-reactive ketones (excluding diaryl/α,β-unsaturated/α-hetero) is 1. The van der Waals surface area contributed by atoms with Crippen molar-refractivity contribution in [1.29, 1.82) is 5.26 Å². The molecule has 1 N–H and O–H groups in total. The number of nitrogens with one attached hydrogen (secondary N) is 1. The number of aryl methyl sites for hydroxylation is 1. The lowest BCUT2D eigenvalue weighted by atomic mass is 9.75. The molecular weight excluding hydrogens is 442 g/mol. The Morgan fingerprint density at radius 1 is 1.11 bits per heavy atom. The summed E-state index contributed by atoms with van der Waals surface area (Å²) < 4.78 is 10.4. The van der Waals surface area contributed by atoms with Gasteiger partial charge >= 0.3 is 0 Å². The summed E-state index contributed by atoms with van der Waals surface area (Å²) in [4.78, 5) is 26.6. The fourth-order valence-corrected chi connectivity index (χ4v) is 5.53. The van der Waals surface area contributed by atoms with Crippen LogP contribution < -0.4 is 5.32 Å². The summed E-state index contributed by atoms with van der Waals surface area (Å²) in [6.45, 7) is 2.90. The van der Waals surface area contributed by atoms with Crippen LogP contribution in [0.25, 0.3) is 0 Å². The van der Waals surface area contributed by atoms with Gasteiger partial charge in [-0.1, -0.05) is 49.4 Å². The van der Waals surface area contributed by atoms with Gasteiger partial charge in [-0.05, 0) is 56.2 Å².